The van der Waals surface area contributed by atoms with Gasteiger partial charge in [0.05, 0.1) is 0 Å². The Bertz CT molecular complexity index is 626. The van der Waals surface area contributed by atoms with E-state index in [1.54, 1.807) is 6.33 Å². The Labute approximate surface area is 132 Å². The number of nitrogens with one attached hydrogen (secondary N) is 1. The standard InChI is InChI=1S/C17H25N5/c1-5-13(4)21-16-15(18)17(20-11-19-16)22(6-2)14-9-7-8-12(3)10-14/h7-11,13H,5-6,18H2,1-4H3,(H,19,20,21). The van der Waals surface area contributed by atoms with Crippen LogP contribution in [0, 0.1) is 6.92 Å². The molecule has 0 radical (unpaired) electrons. The molecule has 1 aromatic heterocycles. The van der Waals surface area contributed by atoms with Crippen LogP contribution in [0.15, 0.2) is 30.6 Å². The van der Waals surface area contributed by atoms with Crippen molar-refractivity contribution in [3.63, 3.8) is 0 Å². The fourth-order valence-corrected chi connectivity index (χ4v) is 2.30. The monoisotopic (exact) mass is 299 g/mol. The molecule has 1 atom stereocenters. The van der Waals surface area contributed by atoms with Crippen molar-refractivity contribution in [2.24, 2.45) is 0 Å². The average molecular weight is 299 g/mol. The number of benzene rings is 1. The zero-order valence-electron chi connectivity index (χ0n) is 13.8. The number of nitrogen functional groups attached to an aromatic ring is 1. The molecule has 0 bridgehead atoms. The van der Waals surface area contributed by atoms with Gasteiger partial charge in [-0.05, 0) is 44.9 Å². The Morgan fingerprint density at radius 1 is 1.27 bits per heavy atom. The summed E-state index contributed by atoms with van der Waals surface area (Å²) in [5.74, 6) is 1.44. The Morgan fingerprint density at radius 2 is 2.05 bits per heavy atom. The lowest BCUT2D eigenvalue weighted by Crippen LogP contribution is -2.22. The van der Waals surface area contributed by atoms with Crippen LogP contribution in [0.5, 0.6) is 0 Å². The number of nitrogens with two attached hydrogens (primary N) is 1. The lowest BCUT2D eigenvalue weighted by atomic mass is 10.2. The van der Waals surface area contributed by atoms with Gasteiger partial charge in [-0.15, -0.1) is 0 Å². The van der Waals surface area contributed by atoms with Crippen molar-refractivity contribution in [2.45, 2.75) is 40.2 Å². The highest BCUT2D eigenvalue weighted by Gasteiger charge is 2.16. The van der Waals surface area contributed by atoms with Crippen LogP contribution in [-0.4, -0.2) is 22.6 Å². The molecule has 118 valence electrons. The maximum atomic E-state index is 6.31. The van der Waals surface area contributed by atoms with Crippen molar-refractivity contribution in [3.05, 3.63) is 36.2 Å². The molecule has 3 N–H and O–H groups in total. The van der Waals surface area contributed by atoms with Crippen molar-refractivity contribution >= 4 is 23.0 Å². The summed E-state index contributed by atoms with van der Waals surface area (Å²) < 4.78 is 0. The van der Waals surface area contributed by atoms with Gasteiger partial charge < -0.3 is 16.0 Å². The van der Waals surface area contributed by atoms with Crippen molar-refractivity contribution in [1.82, 2.24) is 9.97 Å². The first-order chi connectivity index (χ1) is 10.6. The lowest BCUT2D eigenvalue weighted by molar-refractivity contribution is 0.758. The van der Waals surface area contributed by atoms with E-state index in [1.807, 2.05) is 6.07 Å². The molecule has 1 aromatic carbocycles. The third kappa shape index (κ3) is 3.47. The van der Waals surface area contributed by atoms with Gasteiger partial charge in [-0.25, -0.2) is 9.97 Å². The second-order valence-electron chi connectivity index (χ2n) is 5.50. The average Bonchev–Trinajstić information content (AvgIpc) is 2.51. The smallest absolute Gasteiger partial charge is 0.161 e. The van der Waals surface area contributed by atoms with Gasteiger partial charge in [0.15, 0.2) is 11.6 Å². The summed E-state index contributed by atoms with van der Waals surface area (Å²) in [7, 11) is 0. The van der Waals surface area contributed by atoms with E-state index in [4.69, 9.17) is 5.73 Å². The molecule has 0 amide bonds. The van der Waals surface area contributed by atoms with Gasteiger partial charge in [-0.1, -0.05) is 19.1 Å². The van der Waals surface area contributed by atoms with E-state index in [0.717, 1.165) is 24.5 Å². The Morgan fingerprint density at radius 3 is 2.68 bits per heavy atom. The topological polar surface area (TPSA) is 67.1 Å². The maximum Gasteiger partial charge on any atom is 0.161 e. The second-order valence-corrected chi connectivity index (χ2v) is 5.50. The van der Waals surface area contributed by atoms with E-state index in [-0.39, 0.29) is 0 Å². The lowest BCUT2D eigenvalue weighted by Gasteiger charge is -2.25. The molecule has 0 saturated carbocycles. The van der Waals surface area contributed by atoms with Gasteiger partial charge in [0.2, 0.25) is 0 Å². The van der Waals surface area contributed by atoms with Gasteiger partial charge in [-0.3, -0.25) is 0 Å². The minimum atomic E-state index is 0.319. The highest BCUT2D eigenvalue weighted by molar-refractivity contribution is 5.79. The van der Waals surface area contributed by atoms with E-state index in [9.17, 15) is 0 Å². The highest BCUT2D eigenvalue weighted by Crippen LogP contribution is 2.32. The fourth-order valence-electron chi connectivity index (χ4n) is 2.30. The first-order valence-electron chi connectivity index (χ1n) is 7.78. The molecule has 2 aromatic rings. The third-order valence-corrected chi connectivity index (χ3v) is 3.74. The minimum absolute atomic E-state index is 0.319. The van der Waals surface area contributed by atoms with Crippen LogP contribution >= 0.6 is 0 Å². The minimum Gasteiger partial charge on any atom is -0.393 e. The predicted octanol–water partition coefficient (Wildman–Crippen LogP) is 3.74. The van der Waals surface area contributed by atoms with Gasteiger partial charge in [0.25, 0.3) is 0 Å². The summed E-state index contributed by atoms with van der Waals surface area (Å²) in [4.78, 5) is 10.8. The van der Waals surface area contributed by atoms with Gasteiger partial charge in [0, 0.05) is 18.3 Å². The van der Waals surface area contributed by atoms with Gasteiger partial charge in [-0.2, -0.15) is 0 Å². The zero-order chi connectivity index (χ0) is 16.1. The quantitative estimate of drug-likeness (QED) is 0.850. The van der Waals surface area contributed by atoms with Crippen LogP contribution in [0.3, 0.4) is 0 Å². The van der Waals surface area contributed by atoms with Crippen LogP contribution in [0.4, 0.5) is 23.0 Å². The second kappa shape index (κ2) is 7.11. The normalized spacial score (nSPS) is 12.0. The van der Waals surface area contributed by atoms with Crippen LogP contribution in [-0.2, 0) is 0 Å². The molecule has 0 aliphatic heterocycles. The molecule has 22 heavy (non-hydrogen) atoms. The Hall–Kier alpha value is -2.30. The maximum absolute atomic E-state index is 6.31. The number of aromatic nitrogens is 2. The molecule has 5 heteroatoms. The van der Waals surface area contributed by atoms with E-state index in [0.29, 0.717) is 17.5 Å². The van der Waals surface area contributed by atoms with Gasteiger partial charge >= 0.3 is 0 Å². The number of aryl methyl sites for hydroxylation is 1. The highest BCUT2D eigenvalue weighted by atomic mass is 15.2. The van der Waals surface area contributed by atoms with E-state index in [2.05, 4.69) is 66.1 Å². The fraction of sp³-hybridized carbons (Fsp3) is 0.412. The summed E-state index contributed by atoms with van der Waals surface area (Å²) >= 11 is 0. The number of hydrogen-bond donors (Lipinski definition) is 2. The molecule has 5 nitrogen and oxygen atoms in total. The van der Waals surface area contributed by atoms with Crippen LogP contribution in [0.2, 0.25) is 0 Å². The first kappa shape index (κ1) is 16.1. The summed E-state index contributed by atoms with van der Waals surface area (Å²) in [6, 6.07) is 8.64. The third-order valence-electron chi connectivity index (χ3n) is 3.74. The molecule has 0 aliphatic carbocycles. The van der Waals surface area contributed by atoms with Crippen molar-refractivity contribution < 1.29 is 0 Å². The first-order valence-corrected chi connectivity index (χ1v) is 7.78. The Balaban J connectivity index is 2.39. The molecule has 0 spiro atoms. The zero-order valence-corrected chi connectivity index (χ0v) is 13.8. The molecule has 1 unspecified atom stereocenters. The Kier molecular flexibility index (Phi) is 5.20. The molecule has 2 rings (SSSR count). The number of rotatable bonds is 6. The van der Waals surface area contributed by atoms with Crippen molar-refractivity contribution in [1.29, 1.82) is 0 Å². The predicted molar refractivity (Wildman–Crippen MR) is 93.7 cm³/mol. The molecular weight excluding hydrogens is 274 g/mol. The number of hydrogen-bond acceptors (Lipinski definition) is 5. The molecule has 0 saturated heterocycles. The number of nitrogens with zero attached hydrogens (tertiary/aromatic N) is 3. The summed E-state index contributed by atoms with van der Waals surface area (Å²) in [5, 5.41) is 3.34. The van der Waals surface area contributed by atoms with Crippen LogP contribution in [0.1, 0.15) is 32.8 Å². The molecule has 1 heterocycles. The largest absolute Gasteiger partial charge is 0.393 e. The SMILES string of the molecule is CCC(C)Nc1ncnc(N(CC)c2cccc(C)c2)c1N. The van der Waals surface area contributed by atoms with E-state index >= 15 is 0 Å². The van der Waals surface area contributed by atoms with E-state index < -0.39 is 0 Å². The van der Waals surface area contributed by atoms with Crippen molar-refractivity contribution in [3.8, 4) is 0 Å². The summed E-state index contributed by atoms with van der Waals surface area (Å²) in [5.41, 5.74) is 9.19. The van der Waals surface area contributed by atoms with E-state index in [1.165, 1.54) is 5.56 Å². The number of anilines is 4. The summed E-state index contributed by atoms with van der Waals surface area (Å²) in [6.07, 6.45) is 2.57. The molecule has 0 aliphatic rings. The van der Waals surface area contributed by atoms with Crippen LogP contribution < -0.4 is 16.0 Å². The van der Waals surface area contributed by atoms with Crippen molar-refractivity contribution in [2.75, 3.05) is 22.5 Å². The van der Waals surface area contributed by atoms with Gasteiger partial charge in [0.1, 0.15) is 12.0 Å². The molecular formula is C17H25N5. The van der Waals surface area contributed by atoms with Crippen LogP contribution in [0.25, 0.3) is 0 Å². The summed E-state index contributed by atoms with van der Waals surface area (Å²) in [6.45, 7) is 9.19. The molecule has 0 fully saturated rings.